The molecule has 7 heteroatoms. The minimum absolute atomic E-state index is 0.0219. The fourth-order valence-electron chi connectivity index (χ4n) is 2.44. The maximum Gasteiger partial charge on any atom is 0.351 e. The monoisotopic (exact) mass is 403 g/mol. The summed E-state index contributed by atoms with van der Waals surface area (Å²) in [4.78, 5) is 11.7. The zero-order chi connectivity index (χ0) is 20.9. The van der Waals surface area contributed by atoms with Crippen LogP contribution in [-0.2, 0) is 24.8 Å². The van der Waals surface area contributed by atoms with E-state index >= 15 is 0 Å². The lowest BCUT2D eigenvalue weighted by Crippen LogP contribution is -2.17. The van der Waals surface area contributed by atoms with Crippen molar-refractivity contribution in [2.75, 3.05) is 19.5 Å². The molecule has 0 heterocycles. The molecule has 28 heavy (non-hydrogen) atoms. The molecule has 2 aromatic rings. The zero-order valence-electron chi connectivity index (χ0n) is 16.6. The summed E-state index contributed by atoms with van der Waals surface area (Å²) in [6.07, 6.45) is 1.14. The predicted octanol–water partition coefficient (Wildman–Crippen LogP) is 3.89. The fraction of sp³-hybridized carbons (Fsp3) is 0.286. The number of hydrogen-bond donors (Lipinski definition) is 1. The van der Waals surface area contributed by atoms with Crippen molar-refractivity contribution in [3.8, 4) is 5.75 Å². The van der Waals surface area contributed by atoms with E-state index in [1.54, 1.807) is 43.5 Å². The van der Waals surface area contributed by atoms with Crippen molar-refractivity contribution in [2.45, 2.75) is 31.1 Å². The Labute approximate surface area is 166 Å². The summed E-state index contributed by atoms with van der Waals surface area (Å²) >= 11 is 0. The average molecular weight is 404 g/mol. The molecule has 0 bridgehead atoms. The second kappa shape index (κ2) is 8.48. The highest BCUT2D eigenvalue weighted by atomic mass is 32.2. The minimum Gasteiger partial charge on any atom is -0.497 e. The summed E-state index contributed by atoms with van der Waals surface area (Å²) in [5.74, 6) is -0.282. The predicted molar refractivity (Wildman–Crippen MR) is 109 cm³/mol. The van der Waals surface area contributed by atoms with Gasteiger partial charge in [-0.15, -0.1) is 0 Å². The first kappa shape index (κ1) is 21.5. The Hall–Kier alpha value is -2.80. The average Bonchev–Trinajstić information content (AvgIpc) is 2.67. The first-order valence-electron chi connectivity index (χ1n) is 8.64. The molecule has 0 spiro atoms. The fourth-order valence-corrected chi connectivity index (χ4v) is 3.71. The molecule has 0 saturated carbocycles. The number of esters is 1. The van der Waals surface area contributed by atoms with E-state index in [2.05, 4.69) is 10.1 Å². The van der Waals surface area contributed by atoms with E-state index < -0.39 is 20.7 Å². The molecule has 0 aromatic heterocycles. The molecule has 0 atom stereocenters. The van der Waals surface area contributed by atoms with Crippen LogP contribution < -0.4 is 10.1 Å². The van der Waals surface area contributed by atoms with E-state index in [4.69, 9.17) is 4.74 Å². The zero-order valence-corrected chi connectivity index (χ0v) is 17.5. The third kappa shape index (κ3) is 4.92. The van der Waals surface area contributed by atoms with Gasteiger partial charge in [0.25, 0.3) is 0 Å². The number of ether oxygens (including phenoxy) is 2. The van der Waals surface area contributed by atoms with Crippen LogP contribution in [0.4, 0.5) is 5.69 Å². The van der Waals surface area contributed by atoms with E-state index in [1.807, 2.05) is 20.8 Å². The smallest absolute Gasteiger partial charge is 0.351 e. The molecular weight excluding hydrogens is 378 g/mol. The van der Waals surface area contributed by atoms with E-state index in [1.165, 1.54) is 12.1 Å². The van der Waals surface area contributed by atoms with Gasteiger partial charge in [-0.05, 0) is 47.4 Å². The van der Waals surface area contributed by atoms with Crippen molar-refractivity contribution in [1.29, 1.82) is 0 Å². The molecule has 0 radical (unpaired) electrons. The minimum atomic E-state index is -4.06. The lowest BCUT2D eigenvalue weighted by atomic mass is 9.87. The van der Waals surface area contributed by atoms with Gasteiger partial charge in [0.1, 0.15) is 5.75 Å². The van der Waals surface area contributed by atoms with Gasteiger partial charge in [-0.1, -0.05) is 32.9 Å². The summed E-state index contributed by atoms with van der Waals surface area (Å²) in [6.45, 7) is 6.11. The first-order chi connectivity index (χ1) is 13.1. The van der Waals surface area contributed by atoms with E-state index in [0.717, 1.165) is 18.9 Å². The van der Waals surface area contributed by atoms with E-state index in [-0.39, 0.29) is 10.3 Å². The van der Waals surface area contributed by atoms with Gasteiger partial charge in [-0.2, -0.15) is 0 Å². The maximum atomic E-state index is 13.0. The van der Waals surface area contributed by atoms with Crippen LogP contribution in [0.1, 0.15) is 26.3 Å². The number of nitrogens with one attached hydrogen (secondary N) is 1. The number of carbonyl (C=O) groups excluding carboxylic acids is 1. The topological polar surface area (TPSA) is 81.7 Å². The lowest BCUT2D eigenvalue weighted by Gasteiger charge is -2.19. The quantitative estimate of drug-likeness (QED) is 0.582. The summed E-state index contributed by atoms with van der Waals surface area (Å²) in [5.41, 5.74) is 1.48. The molecule has 150 valence electrons. The molecule has 0 aliphatic heterocycles. The highest BCUT2D eigenvalue weighted by Crippen LogP contribution is 2.26. The van der Waals surface area contributed by atoms with Crippen molar-refractivity contribution < 1.29 is 22.7 Å². The molecule has 0 aliphatic rings. The van der Waals surface area contributed by atoms with Gasteiger partial charge in [0.05, 0.1) is 19.1 Å². The number of hydrogen-bond acceptors (Lipinski definition) is 6. The Bertz CT molecular complexity index is 953. The standard InChI is InChI=1S/C21H25NO5S/c1-21(2,3)15-6-12-18(13-7-15)28(24,25)19(20(23)27-5)14-22-16-8-10-17(26-4)11-9-16/h6-14,22H,1-5H3/b19-14+. The molecule has 1 N–H and O–H groups in total. The molecule has 2 aromatic carbocycles. The molecule has 6 nitrogen and oxygen atoms in total. The van der Waals surface area contributed by atoms with Gasteiger partial charge in [0.2, 0.25) is 9.84 Å². The largest absolute Gasteiger partial charge is 0.497 e. The molecule has 0 unspecified atom stereocenters. The third-order valence-electron chi connectivity index (χ3n) is 4.17. The molecule has 0 amide bonds. The van der Waals surface area contributed by atoms with Crippen LogP contribution >= 0.6 is 0 Å². The maximum absolute atomic E-state index is 13.0. The lowest BCUT2D eigenvalue weighted by molar-refractivity contribution is -0.135. The number of sulfone groups is 1. The Morgan fingerprint density at radius 1 is 0.964 bits per heavy atom. The van der Waals surface area contributed by atoms with Gasteiger partial charge in [-0.25, -0.2) is 13.2 Å². The van der Waals surface area contributed by atoms with Crippen molar-refractivity contribution in [3.63, 3.8) is 0 Å². The summed E-state index contributed by atoms with van der Waals surface area (Å²) < 4.78 is 35.7. The Balaban J connectivity index is 2.38. The van der Waals surface area contributed by atoms with Crippen LogP contribution in [0.5, 0.6) is 5.75 Å². The second-order valence-electron chi connectivity index (χ2n) is 7.15. The SMILES string of the molecule is COC(=O)/C(=C\Nc1ccc(OC)cc1)S(=O)(=O)c1ccc(C(C)(C)C)cc1. The van der Waals surface area contributed by atoms with Crippen LogP contribution in [0.15, 0.2) is 64.5 Å². The molecule has 2 rings (SSSR count). The van der Waals surface area contributed by atoms with Crippen LogP contribution in [0, 0.1) is 0 Å². The number of methoxy groups -OCH3 is 2. The van der Waals surface area contributed by atoms with Gasteiger partial charge < -0.3 is 14.8 Å². The highest BCUT2D eigenvalue weighted by molar-refractivity contribution is 7.96. The van der Waals surface area contributed by atoms with Crippen LogP contribution in [0.2, 0.25) is 0 Å². The van der Waals surface area contributed by atoms with E-state index in [9.17, 15) is 13.2 Å². The second-order valence-corrected chi connectivity index (χ2v) is 9.07. The van der Waals surface area contributed by atoms with Crippen LogP contribution in [-0.4, -0.2) is 28.6 Å². The Kier molecular flexibility index (Phi) is 6.51. The number of rotatable bonds is 6. The van der Waals surface area contributed by atoms with Crippen molar-refractivity contribution in [1.82, 2.24) is 0 Å². The van der Waals surface area contributed by atoms with Crippen LogP contribution in [0.3, 0.4) is 0 Å². The van der Waals surface area contributed by atoms with Gasteiger partial charge in [-0.3, -0.25) is 0 Å². The summed E-state index contributed by atoms with van der Waals surface area (Å²) in [6, 6.07) is 13.3. The molecule has 0 aliphatic carbocycles. The first-order valence-corrected chi connectivity index (χ1v) is 10.1. The van der Waals surface area contributed by atoms with Crippen molar-refractivity contribution in [3.05, 3.63) is 65.2 Å². The number of anilines is 1. The van der Waals surface area contributed by atoms with Gasteiger partial charge >= 0.3 is 5.97 Å². The van der Waals surface area contributed by atoms with Crippen LogP contribution in [0.25, 0.3) is 0 Å². The summed E-state index contributed by atoms with van der Waals surface area (Å²) in [5, 5.41) is 2.83. The highest BCUT2D eigenvalue weighted by Gasteiger charge is 2.28. The molecule has 0 fully saturated rings. The summed E-state index contributed by atoms with van der Waals surface area (Å²) in [7, 11) is -1.37. The number of benzene rings is 2. The van der Waals surface area contributed by atoms with E-state index in [0.29, 0.717) is 11.4 Å². The molecular formula is C21H25NO5S. The number of carbonyl (C=O) groups is 1. The van der Waals surface area contributed by atoms with Crippen molar-refractivity contribution in [2.24, 2.45) is 0 Å². The Morgan fingerprint density at radius 3 is 2.00 bits per heavy atom. The third-order valence-corrected chi connectivity index (χ3v) is 5.92. The van der Waals surface area contributed by atoms with Gasteiger partial charge in [0, 0.05) is 11.9 Å². The molecule has 0 saturated heterocycles. The normalized spacial score (nSPS) is 12.4. The Morgan fingerprint density at radius 2 is 1.54 bits per heavy atom. The van der Waals surface area contributed by atoms with Gasteiger partial charge in [0.15, 0.2) is 4.91 Å². The van der Waals surface area contributed by atoms with Crippen molar-refractivity contribution >= 4 is 21.5 Å².